The molecular weight excluding hydrogens is 334 g/mol. The molecule has 0 bridgehead atoms. The standard InChI is InChI=1S/C20H19NO5/c1-3-25-19(22)13-21-16-9-4-5-10-17(16)26-18(20(21)23)12-14-7-6-8-15(11-14)24-2/h4-12H,3,13H2,1-2H3. The molecule has 0 radical (unpaired) electrons. The van der Waals surface area contributed by atoms with Crippen molar-refractivity contribution in [1.82, 2.24) is 0 Å². The van der Waals surface area contributed by atoms with Gasteiger partial charge in [-0.25, -0.2) is 0 Å². The van der Waals surface area contributed by atoms with Crippen LogP contribution in [0.1, 0.15) is 12.5 Å². The van der Waals surface area contributed by atoms with Crippen LogP contribution >= 0.6 is 0 Å². The van der Waals surface area contributed by atoms with Gasteiger partial charge in [-0.05, 0) is 42.8 Å². The van der Waals surface area contributed by atoms with E-state index in [1.807, 2.05) is 18.2 Å². The molecule has 2 aromatic rings. The van der Waals surface area contributed by atoms with Crippen molar-refractivity contribution in [2.45, 2.75) is 6.92 Å². The molecule has 0 spiro atoms. The zero-order chi connectivity index (χ0) is 18.5. The zero-order valence-corrected chi connectivity index (χ0v) is 14.6. The van der Waals surface area contributed by atoms with Gasteiger partial charge in [0.15, 0.2) is 11.5 Å². The Morgan fingerprint density at radius 1 is 1.19 bits per heavy atom. The number of hydrogen-bond donors (Lipinski definition) is 0. The van der Waals surface area contributed by atoms with Crippen LogP contribution in [-0.4, -0.2) is 32.1 Å². The minimum absolute atomic E-state index is 0.126. The van der Waals surface area contributed by atoms with Crippen LogP contribution in [0.5, 0.6) is 11.5 Å². The molecule has 134 valence electrons. The monoisotopic (exact) mass is 353 g/mol. The van der Waals surface area contributed by atoms with Gasteiger partial charge in [-0.2, -0.15) is 0 Å². The first-order valence-electron chi connectivity index (χ1n) is 8.22. The number of fused-ring (bicyclic) bond motifs is 1. The van der Waals surface area contributed by atoms with E-state index in [0.29, 0.717) is 17.2 Å². The summed E-state index contributed by atoms with van der Waals surface area (Å²) in [5, 5.41) is 0. The molecule has 0 aliphatic carbocycles. The van der Waals surface area contributed by atoms with Gasteiger partial charge in [0.1, 0.15) is 12.3 Å². The highest BCUT2D eigenvalue weighted by atomic mass is 16.5. The average molecular weight is 353 g/mol. The predicted molar refractivity (Wildman–Crippen MR) is 97.0 cm³/mol. The van der Waals surface area contributed by atoms with Gasteiger partial charge in [-0.1, -0.05) is 24.3 Å². The molecule has 0 saturated heterocycles. The summed E-state index contributed by atoms with van der Waals surface area (Å²) < 4.78 is 16.0. The van der Waals surface area contributed by atoms with Crippen molar-refractivity contribution in [2.24, 2.45) is 0 Å². The van der Waals surface area contributed by atoms with Crippen LogP contribution in [0.3, 0.4) is 0 Å². The van der Waals surface area contributed by atoms with Crippen molar-refractivity contribution in [3.63, 3.8) is 0 Å². The molecule has 1 amide bonds. The van der Waals surface area contributed by atoms with Gasteiger partial charge in [0.2, 0.25) is 0 Å². The predicted octanol–water partition coefficient (Wildman–Crippen LogP) is 3.02. The van der Waals surface area contributed by atoms with Crippen LogP contribution in [0.4, 0.5) is 5.69 Å². The van der Waals surface area contributed by atoms with Gasteiger partial charge in [0, 0.05) is 0 Å². The quantitative estimate of drug-likeness (QED) is 0.611. The first-order chi connectivity index (χ1) is 12.6. The Bertz CT molecular complexity index is 859. The van der Waals surface area contributed by atoms with Crippen molar-refractivity contribution in [2.75, 3.05) is 25.2 Å². The first-order valence-corrected chi connectivity index (χ1v) is 8.22. The molecule has 1 aliphatic rings. The van der Waals surface area contributed by atoms with Gasteiger partial charge in [0.05, 0.1) is 19.4 Å². The lowest BCUT2D eigenvalue weighted by Gasteiger charge is -2.29. The smallest absolute Gasteiger partial charge is 0.326 e. The number of methoxy groups -OCH3 is 1. The van der Waals surface area contributed by atoms with Crippen molar-refractivity contribution >= 4 is 23.6 Å². The van der Waals surface area contributed by atoms with E-state index in [1.165, 1.54) is 4.90 Å². The van der Waals surface area contributed by atoms with Crippen molar-refractivity contribution in [1.29, 1.82) is 0 Å². The zero-order valence-electron chi connectivity index (χ0n) is 14.6. The molecule has 6 heteroatoms. The van der Waals surface area contributed by atoms with Crippen LogP contribution in [-0.2, 0) is 14.3 Å². The number of para-hydroxylation sites is 2. The van der Waals surface area contributed by atoms with E-state index in [1.54, 1.807) is 50.4 Å². The minimum Gasteiger partial charge on any atom is -0.497 e. The lowest BCUT2D eigenvalue weighted by molar-refractivity contribution is -0.142. The summed E-state index contributed by atoms with van der Waals surface area (Å²) in [6.07, 6.45) is 1.62. The number of esters is 1. The van der Waals surface area contributed by atoms with Crippen LogP contribution < -0.4 is 14.4 Å². The molecule has 3 rings (SSSR count). The van der Waals surface area contributed by atoms with Crippen LogP contribution in [0.15, 0.2) is 54.3 Å². The van der Waals surface area contributed by atoms with E-state index < -0.39 is 11.9 Å². The number of hydrogen-bond acceptors (Lipinski definition) is 5. The van der Waals surface area contributed by atoms with Gasteiger partial charge >= 0.3 is 5.97 Å². The number of carbonyl (C=O) groups excluding carboxylic acids is 2. The summed E-state index contributed by atoms with van der Waals surface area (Å²) in [6.45, 7) is 1.80. The molecule has 2 aromatic carbocycles. The Kier molecular flexibility index (Phi) is 5.22. The van der Waals surface area contributed by atoms with Crippen LogP contribution in [0, 0.1) is 0 Å². The van der Waals surface area contributed by atoms with Gasteiger partial charge < -0.3 is 14.2 Å². The maximum atomic E-state index is 12.9. The third-order valence-corrected chi connectivity index (χ3v) is 3.82. The first kappa shape index (κ1) is 17.5. The van der Waals surface area contributed by atoms with Crippen molar-refractivity contribution in [3.8, 4) is 11.5 Å². The SMILES string of the molecule is CCOC(=O)CN1C(=O)C(=Cc2cccc(OC)c2)Oc2ccccc21. The number of amides is 1. The minimum atomic E-state index is -0.474. The Morgan fingerprint density at radius 2 is 2.00 bits per heavy atom. The average Bonchev–Trinajstić information content (AvgIpc) is 2.65. The maximum absolute atomic E-state index is 12.9. The van der Waals surface area contributed by atoms with E-state index in [0.717, 1.165) is 5.56 Å². The lowest BCUT2D eigenvalue weighted by atomic mass is 10.1. The molecular formula is C20H19NO5. The summed E-state index contributed by atoms with van der Waals surface area (Å²) >= 11 is 0. The van der Waals surface area contributed by atoms with Crippen molar-refractivity contribution in [3.05, 3.63) is 59.9 Å². The van der Waals surface area contributed by atoms with E-state index in [9.17, 15) is 9.59 Å². The number of ether oxygens (including phenoxy) is 3. The molecule has 0 unspecified atom stereocenters. The fourth-order valence-electron chi connectivity index (χ4n) is 2.64. The second-order valence-corrected chi connectivity index (χ2v) is 5.55. The lowest BCUT2D eigenvalue weighted by Crippen LogP contribution is -2.41. The highest BCUT2D eigenvalue weighted by Crippen LogP contribution is 2.35. The Balaban J connectivity index is 1.97. The number of carbonyl (C=O) groups is 2. The van der Waals surface area contributed by atoms with Gasteiger partial charge in [-0.3, -0.25) is 14.5 Å². The molecule has 26 heavy (non-hydrogen) atoms. The Hall–Kier alpha value is -3.28. The maximum Gasteiger partial charge on any atom is 0.326 e. The normalized spacial score (nSPS) is 14.6. The summed E-state index contributed by atoms with van der Waals surface area (Å²) in [4.78, 5) is 26.2. The molecule has 0 aromatic heterocycles. The van der Waals surface area contributed by atoms with Gasteiger partial charge in [0.25, 0.3) is 5.91 Å². The highest BCUT2D eigenvalue weighted by Gasteiger charge is 2.31. The molecule has 0 atom stereocenters. The Labute approximate surface area is 151 Å². The van der Waals surface area contributed by atoms with E-state index in [2.05, 4.69) is 0 Å². The number of nitrogens with zero attached hydrogens (tertiary/aromatic N) is 1. The molecule has 1 heterocycles. The molecule has 1 aliphatic heterocycles. The third kappa shape index (κ3) is 3.69. The fourth-order valence-corrected chi connectivity index (χ4v) is 2.64. The van der Waals surface area contributed by atoms with Crippen molar-refractivity contribution < 1.29 is 23.8 Å². The molecule has 6 nitrogen and oxygen atoms in total. The molecule has 0 fully saturated rings. The molecule has 0 N–H and O–H groups in total. The number of benzene rings is 2. The number of rotatable bonds is 5. The summed E-state index contributed by atoms with van der Waals surface area (Å²) in [5.41, 5.74) is 1.29. The van der Waals surface area contributed by atoms with E-state index >= 15 is 0 Å². The largest absolute Gasteiger partial charge is 0.497 e. The topological polar surface area (TPSA) is 65.1 Å². The second kappa shape index (κ2) is 7.74. The Morgan fingerprint density at radius 3 is 2.77 bits per heavy atom. The fraction of sp³-hybridized carbons (Fsp3) is 0.200. The van der Waals surface area contributed by atoms with Gasteiger partial charge in [-0.15, -0.1) is 0 Å². The summed E-state index contributed by atoms with van der Waals surface area (Å²) in [7, 11) is 1.58. The van der Waals surface area contributed by atoms with Crippen LogP contribution in [0.2, 0.25) is 0 Å². The van der Waals surface area contributed by atoms with E-state index in [4.69, 9.17) is 14.2 Å². The highest BCUT2D eigenvalue weighted by molar-refractivity contribution is 6.11. The number of anilines is 1. The second-order valence-electron chi connectivity index (χ2n) is 5.55. The van der Waals surface area contributed by atoms with E-state index in [-0.39, 0.29) is 18.9 Å². The van der Waals surface area contributed by atoms with Crippen LogP contribution in [0.25, 0.3) is 6.08 Å². The molecule has 0 saturated carbocycles. The summed E-state index contributed by atoms with van der Waals surface area (Å²) in [5.74, 6) is 0.427. The third-order valence-electron chi connectivity index (χ3n) is 3.82. The summed E-state index contributed by atoms with van der Waals surface area (Å²) in [6, 6.07) is 14.3.